The maximum atomic E-state index is 6.05. The van der Waals surface area contributed by atoms with E-state index in [4.69, 9.17) is 33.7 Å². The highest BCUT2D eigenvalue weighted by Gasteiger charge is 2.01. The molecular formula is C14H13Cl2NO. The van der Waals surface area contributed by atoms with Crippen LogP contribution in [-0.4, -0.2) is 0 Å². The van der Waals surface area contributed by atoms with Gasteiger partial charge in [0.25, 0.3) is 0 Å². The smallest absolute Gasteiger partial charge is 0.0735 e. The second-order valence-electron chi connectivity index (χ2n) is 3.97. The highest BCUT2D eigenvalue weighted by Crippen LogP contribution is 2.20. The van der Waals surface area contributed by atoms with Crippen LogP contribution in [0.4, 0.5) is 5.69 Å². The Bertz CT molecular complexity index is 526. The Kier molecular flexibility index (Phi) is 4.48. The zero-order chi connectivity index (χ0) is 13.0. The molecule has 0 aliphatic carbocycles. The predicted molar refractivity (Wildman–Crippen MR) is 75.8 cm³/mol. The van der Waals surface area contributed by atoms with Crippen LogP contribution in [0, 0.1) is 0 Å². The van der Waals surface area contributed by atoms with E-state index in [-0.39, 0.29) is 0 Å². The zero-order valence-corrected chi connectivity index (χ0v) is 11.2. The number of ether oxygens (including phenoxy) is 1. The minimum Gasteiger partial charge on any atom is -0.399 e. The molecule has 0 fully saturated rings. The molecule has 2 aromatic rings. The molecule has 0 atom stereocenters. The average molecular weight is 282 g/mol. The fourth-order valence-electron chi connectivity index (χ4n) is 1.54. The summed E-state index contributed by atoms with van der Waals surface area (Å²) in [6.07, 6.45) is 0. The molecule has 0 bridgehead atoms. The molecule has 18 heavy (non-hydrogen) atoms. The van der Waals surface area contributed by atoms with Crippen LogP contribution in [0.2, 0.25) is 10.0 Å². The van der Waals surface area contributed by atoms with Crippen molar-refractivity contribution >= 4 is 28.9 Å². The van der Waals surface area contributed by atoms with Gasteiger partial charge in [-0.25, -0.2) is 0 Å². The first-order valence-corrected chi connectivity index (χ1v) is 6.27. The van der Waals surface area contributed by atoms with Crippen LogP contribution in [0.5, 0.6) is 0 Å². The lowest BCUT2D eigenvalue weighted by Crippen LogP contribution is -1.95. The van der Waals surface area contributed by atoms with Gasteiger partial charge in [-0.05, 0) is 35.4 Å². The van der Waals surface area contributed by atoms with Gasteiger partial charge in [0.1, 0.15) is 0 Å². The number of hydrogen-bond donors (Lipinski definition) is 1. The Morgan fingerprint density at radius 2 is 1.67 bits per heavy atom. The third kappa shape index (κ3) is 3.64. The molecule has 0 aliphatic heterocycles. The topological polar surface area (TPSA) is 35.2 Å². The minimum absolute atomic E-state index is 0.460. The quantitative estimate of drug-likeness (QED) is 0.849. The summed E-state index contributed by atoms with van der Waals surface area (Å²) in [5.74, 6) is 0. The second-order valence-corrected chi connectivity index (χ2v) is 4.81. The molecular weight excluding hydrogens is 269 g/mol. The first kappa shape index (κ1) is 13.2. The lowest BCUT2D eigenvalue weighted by atomic mass is 10.2. The van der Waals surface area contributed by atoms with Gasteiger partial charge in [-0.1, -0.05) is 41.4 Å². The first-order valence-electron chi connectivity index (χ1n) is 5.51. The van der Waals surface area contributed by atoms with Gasteiger partial charge in [0.2, 0.25) is 0 Å². The van der Waals surface area contributed by atoms with Gasteiger partial charge >= 0.3 is 0 Å². The molecule has 0 unspecified atom stereocenters. The largest absolute Gasteiger partial charge is 0.399 e. The van der Waals surface area contributed by atoms with Crippen molar-refractivity contribution in [2.24, 2.45) is 0 Å². The molecule has 2 rings (SSSR count). The molecule has 2 N–H and O–H groups in total. The lowest BCUT2D eigenvalue weighted by Gasteiger charge is -2.07. The Morgan fingerprint density at radius 1 is 0.944 bits per heavy atom. The highest BCUT2D eigenvalue weighted by atomic mass is 35.5. The summed E-state index contributed by atoms with van der Waals surface area (Å²) >= 11 is 11.9. The standard InChI is InChI=1S/C14H13Cl2NO/c15-12-4-1-10(2-5-12)8-18-9-11-3-6-13(17)7-14(11)16/h1-7H,8-9,17H2. The Hall–Kier alpha value is -1.22. The van der Waals surface area contributed by atoms with Crippen LogP contribution < -0.4 is 5.73 Å². The van der Waals surface area contributed by atoms with Crippen molar-refractivity contribution < 1.29 is 4.74 Å². The van der Waals surface area contributed by atoms with Crippen molar-refractivity contribution in [3.05, 3.63) is 63.6 Å². The number of hydrogen-bond acceptors (Lipinski definition) is 2. The molecule has 0 radical (unpaired) electrons. The van der Waals surface area contributed by atoms with E-state index < -0.39 is 0 Å². The molecule has 0 aromatic heterocycles. The van der Waals surface area contributed by atoms with Gasteiger partial charge in [-0.3, -0.25) is 0 Å². The molecule has 0 amide bonds. The zero-order valence-electron chi connectivity index (χ0n) is 9.70. The molecule has 2 aromatic carbocycles. The lowest BCUT2D eigenvalue weighted by molar-refractivity contribution is 0.107. The monoisotopic (exact) mass is 281 g/mol. The Labute approximate surface area is 116 Å². The summed E-state index contributed by atoms with van der Waals surface area (Å²) in [6.45, 7) is 0.986. The summed E-state index contributed by atoms with van der Waals surface area (Å²) in [5.41, 5.74) is 8.28. The van der Waals surface area contributed by atoms with Crippen LogP contribution >= 0.6 is 23.2 Å². The molecule has 4 heteroatoms. The van der Waals surface area contributed by atoms with E-state index in [1.807, 2.05) is 36.4 Å². The van der Waals surface area contributed by atoms with Gasteiger partial charge in [0.15, 0.2) is 0 Å². The number of halogens is 2. The van der Waals surface area contributed by atoms with Crippen molar-refractivity contribution in [2.45, 2.75) is 13.2 Å². The van der Waals surface area contributed by atoms with Crippen LogP contribution in [0.15, 0.2) is 42.5 Å². The second kappa shape index (κ2) is 6.10. The van der Waals surface area contributed by atoms with Crippen LogP contribution in [0.1, 0.15) is 11.1 Å². The van der Waals surface area contributed by atoms with E-state index in [0.29, 0.717) is 23.9 Å². The molecule has 0 spiro atoms. The Morgan fingerprint density at radius 3 is 2.33 bits per heavy atom. The normalized spacial score (nSPS) is 10.6. The number of nitrogen functional groups attached to an aromatic ring is 1. The maximum absolute atomic E-state index is 6.05. The fraction of sp³-hybridized carbons (Fsp3) is 0.143. The predicted octanol–water partition coefficient (Wildman–Crippen LogP) is 4.29. The summed E-state index contributed by atoms with van der Waals surface area (Å²) in [4.78, 5) is 0. The Balaban J connectivity index is 1.90. The van der Waals surface area contributed by atoms with Gasteiger partial charge in [0.05, 0.1) is 13.2 Å². The van der Waals surface area contributed by atoms with E-state index in [1.165, 1.54) is 0 Å². The third-order valence-corrected chi connectivity index (χ3v) is 3.12. The van der Waals surface area contributed by atoms with E-state index >= 15 is 0 Å². The number of rotatable bonds is 4. The van der Waals surface area contributed by atoms with Gasteiger partial charge in [-0.2, -0.15) is 0 Å². The van der Waals surface area contributed by atoms with Crippen molar-refractivity contribution in [2.75, 3.05) is 5.73 Å². The van der Waals surface area contributed by atoms with E-state index in [0.717, 1.165) is 16.1 Å². The summed E-state index contributed by atoms with van der Waals surface area (Å²) in [5, 5.41) is 1.35. The minimum atomic E-state index is 0.460. The number of benzene rings is 2. The van der Waals surface area contributed by atoms with Crippen LogP contribution in [0.25, 0.3) is 0 Å². The van der Waals surface area contributed by atoms with Crippen molar-refractivity contribution in [1.82, 2.24) is 0 Å². The van der Waals surface area contributed by atoms with Gasteiger partial charge in [-0.15, -0.1) is 0 Å². The molecule has 0 saturated heterocycles. The van der Waals surface area contributed by atoms with Crippen molar-refractivity contribution in [3.8, 4) is 0 Å². The fourth-order valence-corrected chi connectivity index (χ4v) is 1.91. The molecule has 0 saturated carbocycles. The maximum Gasteiger partial charge on any atom is 0.0735 e. The summed E-state index contributed by atoms with van der Waals surface area (Å²) in [7, 11) is 0. The number of anilines is 1. The van der Waals surface area contributed by atoms with Crippen molar-refractivity contribution in [3.63, 3.8) is 0 Å². The third-order valence-electron chi connectivity index (χ3n) is 2.52. The van der Waals surface area contributed by atoms with Crippen molar-refractivity contribution in [1.29, 1.82) is 0 Å². The van der Waals surface area contributed by atoms with E-state index in [9.17, 15) is 0 Å². The van der Waals surface area contributed by atoms with Crippen LogP contribution in [-0.2, 0) is 18.0 Å². The molecule has 2 nitrogen and oxygen atoms in total. The SMILES string of the molecule is Nc1ccc(COCc2ccc(Cl)cc2)c(Cl)c1. The van der Waals surface area contributed by atoms with E-state index in [1.54, 1.807) is 6.07 Å². The highest BCUT2D eigenvalue weighted by molar-refractivity contribution is 6.31. The summed E-state index contributed by atoms with van der Waals surface area (Å²) in [6, 6.07) is 13.0. The number of nitrogens with two attached hydrogens (primary N) is 1. The molecule has 94 valence electrons. The van der Waals surface area contributed by atoms with Crippen LogP contribution in [0.3, 0.4) is 0 Å². The first-order chi connectivity index (χ1) is 8.65. The average Bonchev–Trinajstić information content (AvgIpc) is 2.34. The summed E-state index contributed by atoms with van der Waals surface area (Å²) < 4.78 is 5.60. The van der Waals surface area contributed by atoms with Gasteiger partial charge < -0.3 is 10.5 Å². The van der Waals surface area contributed by atoms with E-state index in [2.05, 4.69) is 0 Å². The molecule has 0 aliphatic rings. The molecule has 0 heterocycles. The van der Waals surface area contributed by atoms with Gasteiger partial charge in [0, 0.05) is 15.7 Å².